The molecule has 5 heteroatoms. The van der Waals surface area contributed by atoms with E-state index >= 15 is 0 Å². The van der Waals surface area contributed by atoms with Gasteiger partial charge in [-0.05, 0) is 25.5 Å². The number of rotatable bonds is 4. The topological polar surface area (TPSA) is 52.4 Å². The third-order valence-corrected chi connectivity index (χ3v) is 2.05. The molecule has 0 aromatic heterocycles. The van der Waals surface area contributed by atoms with Gasteiger partial charge in [-0.3, -0.25) is 10.1 Å². The van der Waals surface area contributed by atoms with Crippen molar-refractivity contribution >= 4 is 17.3 Å². The van der Waals surface area contributed by atoms with Crippen LogP contribution in [0.1, 0.15) is 19.4 Å². The average Bonchev–Trinajstić information content (AvgIpc) is 2.17. The van der Waals surface area contributed by atoms with Crippen LogP contribution in [0.15, 0.2) is 18.2 Å². The molecule has 4 nitrogen and oxygen atoms in total. The van der Waals surface area contributed by atoms with Gasteiger partial charge in [0, 0.05) is 11.9 Å². The summed E-state index contributed by atoms with van der Waals surface area (Å²) in [7, 11) is 0. The van der Waals surface area contributed by atoms with Crippen LogP contribution in [0.25, 0.3) is 0 Å². The summed E-state index contributed by atoms with van der Waals surface area (Å²) in [5.74, 6) is 0.534. The lowest BCUT2D eigenvalue weighted by molar-refractivity contribution is -0.386. The first-order valence-electron chi connectivity index (χ1n) is 4.54. The molecule has 0 saturated heterocycles. The summed E-state index contributed by atoms with van der Waals surface area (Å²) in [5, 5.41) is 10.8. The zero-order chi connectivity index (χ0) is 11.4. The van der Waals surface area contributed by atoms with Crippen molar-refractivity contribution < 1.29 is 9.66 Å². The maximum atomic E-state index is 10.8. The number of nitrogens with zero attached hydrogens (tertiary/aromatic N) is 1. The number of nitro groups is 1. The number of ether oxygens (including phenoxy) is 1. The number of benzene rings is 1. The van der Waals surface area contributed by atoms with Gasteiger partial charge in [0.05, 0.1) is 11.0 Å². The molecule has 0 aliphatic rings. The summed E-state index contributed by atoms with van der Waals surface area (Å²) in [6, 6.07) is 4.73. The van der Waals surface area contributed by atoms with Crippen molar-refractivity contribution in [3.8, 4) is 5.75 Å². The van der Waals surface area contributed by atoms with E-state index in [0.29, 0.717) is 5.56 Å². The lowest BCUT2D eigenvalue weighted by atomic mass is 10.2. The SMILES string of the molecule is CC(C)Oc1ccc(CCl)cc1[N+](=O)[O-]. The summed E-state index contributed by atoms with van der Waals surface area (Å²) in [6.07, 6.45) is -0.0921. The second-order valence-corrected chi connectivity index (χ2v) is 3.63. The Morgan fingerprint density at radius 3 is 2.67 bits per heavy atom. The molecule has 0 bridgehead atoms. The highest BCUT2D eigenvalue weighted by Gasteiger charge is 2.16. The predicted octanol–water partition coefficient (Wildman–Crippen LogP) is 3.12. The molecule has 15 heavy (non-hydrogen) atoms. The molecule has 0 N–H and O–H groups in total. The third-order valence-electron chi connectivity index (χ3n) is 1.74. The van der Waals surface area contributed by atoms with E-state index < -0.39 is 4.92 Å². The first-order chi connectivity index (χ1) is 7.04. The van der Waals surface area contributed by atoms with Crippen molar-refractivity contribution in [3.05, 3.63) is 33.9 Å². The first-order valence-corrected chi connectivity index (χ1v) is 5.08. The van der Waals surface area contributed by atoms with E-state index in [4.69, 9.17) is 16.3 Å². The average molecular weight is 230 g/mol. The van der Waals surface area contributed by atoms with Gasteiger partial charge in [-0.15, -0.1) is 11.6 Å². The largest absolute Gasteiger partial charge is 0.484 e. The van der Waals surface area contributed by atoms with Gasteiger partial charge in [0.15, 0.2) is 5.75 Å². The molecule has 0 heterocycles. The van der Waals surface area contributed by atoms with E-state index in [1.807, 2.05) is 13.8 Å². The van der Waals surface area contributed by atoms with Crippen LogP contribution < -0.4 is 4.74 Å². The van der Waals surface area contributed by atoms with Crippen LogP contribution in [0.3, 0.4) is 0 Å². The van der Waals surface area contributed by atoms with Crippen molar-refractivity contribution in [1.29, 1.82) is 0 Å². The van der Waals surface area contributed by atoms with Gasteiger partial charge in [0.2, 0.25) is 0 Å². The summed E-state index contributed by atoms with van der Waals surface area (Å²) in [6.45, 7) is 3.64. The second-order valence-electron chi connectivity index (χ2n) is 3.36. The zero-order valence-corrected chi connectivity index (χ0v) is 9.32. The Bertz CT molecular complexity index is 366. The molecule has 0 atom stereocenters. The van der Waals surface area contributed by atoms with Gasteiger partial charge < -0.3 is 4.74 Å². The molecule has 0 saturated carbocycles. The number of hydrogen-bond acceptors (Lipinski definition) is 3. The highest BCUT2D eigenvalue weighted by Crippen LogP contribution is 2.29. The fourth-order valence-corrected chi connectivity index (χ4v) is 1.31. The third kappa shape index (κ3) is 3.09. The molecule has 1 aromatic rings. The van der Waals surface area contributed by atoms with Crippen molar-refractivity contribution in [1.82, 2.24) is 0 Å². The minimum Gasteiger partial charge on any atom is -0.484 e. The molecule has 1 rings (SSSR count). The Morgan fingerprint density at radius 2 is 2.20 bits per heavy atom. The molecular formula is C10H12ClNO3. The molecule has 0 radical (unpaired) electrons. The summed E-state index contributed by atoms with van der Waals surface area (Å²) >= 11 is 5.60. The predicted molar refractivity (Wildman–Crippen MR) is 58.4 cm³/mol. The van der Waals surface area contributed by atoms with Gasteiger partial charge in [-0.1, -0.05) is 6.07 Å². The second kappa shape index (κ2) is 4.98. The monoisotopic (exact) mass is 229 g/mol. The maximum absolute atomic E-state index is 10.8. The van der Waals surface area contributed by atoms with Crippen LogP contribution in [-0.2, 0) is 5.88 Å². The molecule has 0 spiro atoms. The molecule has 0 unspecified atom stereocenters. The standard InChI is InChI=1S/C10H12ClNO3/c1-7(2)15-10-4-3-8(6-11)5-9(10)12(13)14/h3-5,7H,6H2,1-2H3. The minimum atomic E-state index is -0.465. The van der Waals surface area contributed by atoms with E-state index in [2.05, 4.69) is 0 Å². The number of hydrogen-bond donors (Lipinski definition) is 0. The van der Waals surface area contributed by atoms with E-state index in [-0.39, 0.29) is 23.4 Å². The quantitative estimate of drug-likeness (QED) is 0.453. The van der Waals surface area contributed by atoms with Crippen LogP contribution in [0.5, 0.6) is 5.75 Å². The number of halogens is 1. The van der Waals surface area contributed by atoms with Crippen molar-refractivity contribution in [2.45, 2.75) is 25.8 Å². The molecular weight excluding hydrogens is 218 g/mol. The minimum absolute atomic E-state index is 0.0400. The molecule has 0 amide bonds. The van der Waals surface area contributed by atoms with E-state index in [0.717, 1.165) is 0 Å². The van der Waals surface area contributed by atoms with Crippen molar-refractivity contribution in [2.75, 3.05) is 0 Å². The molecule has 0 aliphatic carbocycles. The summed E-state index contributed by atoms with van der Waals surface area (Å²) in [5.41, 5.74) is 0.668. The highest BCUT2D eigenvalue weighted by molar-refractivity contribution is 6.17. The van der Waals surface area contributed by atoms with E-state index in [1.165, 1.54) is 6.07 Å². The van der Waals surface area contributed by atoms with Gasteiger partial charge in [-0.2, -0.15) is 0 Å². The van der Waals surface area contributed by atoms with Crippen LogP contribution in [-0.4, -0.2) is 11.0 Å². The first kappa shape index (κ1) is 11.8. The van der Waals surface area contributed by atoms with Gasteiger partial charge in [0.1, 0.15) is 0 Å². The Labute approximate surface area is 93.0 Å². The van der Waals surface area contributed by atoms with Gasteiger partial charge in [-0.25, -0.2) is 0 Å². The number of alkyl halides is 1. The Kier molecular flexibility index (Phi) is 3.91. The highest BCUT2D eigenvalue weighted by atomic mass is 35.5. The Hall–Kier alpha value is -1.29. The van der Waals surface area contributed by atoms with E-state index in [1.54, 1.807) is 12.1 Å². The van der Waals surface area contributed by atoms with Crippen LogP contribution >= 0.6 is 11.6 Å². The Balaban J connectivity index is 3.09. The molecule has 82 valence electrons. The summed E-state index contributed by atoms with van der Waals surface area (Å²) < 4.78 is 5.32. The van der Waals surface area contributed by atoms with Crippen LogP contribution in [0, 0.1) is 10.1 Å². The fraction of sp³-hybridized carbons (Fsp3) is 0.400. The van der Waals surface area contributed by atoms with Crippen molar-refractivity contribution in [3.63, 3.8) is 0 Å². The van der Waals surface area contributed by atoms with Gasteiger partial charge >= 0.3 is 5.69 Å². The molecule has 0 aliphatic heterocycles. The fourth-order valence-electron chi connectivity index (χ4n) is 1.14. The smallest absolute Gasteiger partial charge is 0.311 e. The normalized spacial score (nSPS) is 10.4. The number of nitro benzene ring substituents is 1. The van der Waals surface area contributed by atoms with Gasteiger partial charge in [0.25, 0.3) is 0 Å². The van der Waals surface area contributed by atoms with Crippen LogP contribution in [0.2, 0.25) is 0 Å². The maximum Gasteiger partial charge on any atom is 0.311 e. The van der Waals surface area contributed by atoms with Crippen LogP contribution in [0.4, 0.5) is 5.69 Å². The summed E-state index contributed by atoms with van der Waals surface area (Å²) in [4.78, 5) is 10.3. The molecule has 1 aromatic carbocycles. The lowest BCUT2D eigenvalue weighted by Crippen LogP contribution is -2.07. The van der Waals surface area contributed by atoms with Crippen molar-refractivity contribution in [2.24, 2.45) is 0 Å². The zero-order valence-electron chi connectivity index (χ0n) is 8.57. The Morgan fingerprint density at radius 1 is 1.53 bits per heavy atom. The van der Waals surface area contributed by atoms with E-state index in [9.17, 15) is 10.1 Å². The molecule has 0 fully saturated rings. The lowest BCUT2D eigenvalue weighted by Gasteiger charge is -2.10.